The molecule has 2 fully saturated rings. The summed E-state index contributed by atoms with van der Waals surface area (Å²) >= 11 is 0. The molecule has 0 radical (unpaired) electrons. The quantitative estimate of drug-likeness (QED) is 0.770. The Bertz CT molecular complexity index is 495. The molecule has 0 amide bonds. The molecule has 2 heterocycles. The van der Waals surface area contributed by atoms with Crippen molar-refractivity contribution in [3.8, 4) is 5.75 Å². The van der Waals surface area contributed by atoms with E-state index in [1.165, 1.54) is 0 Å². The summed E-state index contributed by atoms with van der Waals surface area (Å²) in [7, 11) is -0.715. The lowest BCUT2D eigenvalue weighted by Crippen LogP contribution is -2.34. The molecule has 0 saturated carbocycles. The third kappa shape index (κ3) is 1.74. The third-order valence-electron chi connectivity index (χ3n) is 3.26. The Hall–Kier alpha value is -0.720. The van der Waals surface area contributed by atoms with E-state index in [1.807, 2.05) is 24.3 Å². The van der Waals surface area contributed by atoms with Gasteiger partial charge in [0.25, 0.3) is 0 Å². The molecule has 6 heteroatoms. The number of methoxy groups -OCH3 is 1. The molecule has 3 rings (SSSR count). The molecular weight excluding hydrogens is 272 g/mol. The predicted octanol–water partition coefficient (Wildman–Crippen LogP) is 1.32. The van der Waals surface area contributed by atoms with Gasteiger partial charge in [0.1, 0.15) is 11.9 Å². The Labute approximate surface area is 111 Å². The van der Waals surface area contributed by atoms with E-state index in [9.17, 15) is 8.42 Å². The molecule has 2 aliphatic heterocycles. The van der Waals surface area contributed by atoms with Gasteiger partial charge >= 0.3 is 0 Å². The molecule has 3 atom stereocenters. The van der Waals surface area contributed by atoms with Crippen molar-refractivity contribution in [2.24, 2.45) is 0 Å². The van der Waals surface area contributed by atoms with Gasteiger partial charge in [0.05, 0.1) is 28.7 Å². The molecule has 2 unspecified atom stereocenters. The highest BCUT2D eigenvalue weighted by Gasteiger charge is 2.67. The molecular formula is C12H14O4S2. The van der Waals surface area contributed by atoms with Gasteiger partial charge in [-0.05, 0) is 24.1 Å². The number of rotatable bonds is 2. The van der Waals surface area contributed by atoms with E-state index in [-0.39, 0.29) is 6.10 Å². The second-order valence-electron chi connectivity index (χ2n) is 4.33. The summed E-state index contributed by atoms with van der Waals surface area (Å²) in [4.78, 5) is 0. The standard InChI is InChI=1S/C12H14O4S2/c1-15-10-5-3-9(4-6-10)11-12(16-11)17(13)7-2-8-18(12)14/h3-6,11H,2,7-8H2,1H3/t11-,12?,17?,18?/m1/s1. The van der Waals surface area contributed by atoms with Crippen LogP contribution in [0.5, 0.6) is 5.75 Å². The van der Waals surface area contributed by atoms with Crippen LogP contribution in [0.15, 0.2) is 24.3 Å². The van der Waals surface area contributed by atoms with Crippen LogP contribution < -0.4 is 4.74 Å². The van der Waals surface area contributed by atoms with Crippen molar-refractivity contribution in [1.82, 2.24) is 0 Å². The van der Waals surface area contributed by atoms with Gasteiger partial charge in [0.2, 0.25) is 4.27 Å². The zero-order valence-electron chi connectivity index (χ0n) is 9.96. The molecule has 0 aromatic heterocycles. The van der Waals surface area contributed by atoms with Crippen LogP contribution in [-0.2, 0) is 26.3 Å². The first kappa shape index (κ1) is 12.3. The van der Waals surface area contributed by atoms with Crippen LogP contribution in [0.2, 0.25) is 0 Å². The normalized spacial score (nSPS) is 38.6. The van der Waals surface area contributed by atoms with Gasteiger partial charge in [0.15, 0.2) is 0 Å². The van der Waals surface area contributed by atoms with Gasteiger partial charge in [-0.1, -0.05) is 12.1 Å². The average molecular weight is 286 g/mol. The first-order valence-electron chi connectivity index (χ1n) is 5.77. The fourth-order valence-corrected chi connectivity index (χ4v) is 6.29. The lowest BCUT2D eigenvalue weighted by atomic mass is 10.1. The van der Waals surface area contributed by atoms with Crippen molar-refractivity contribution in [2.75, 3.05) is 18.6 Å². The smallest absolute Gasteiger partial charge is 0.249 e. The van der Waals surface area contributed by atoms with Crippen LogP contribution in [0.4, 0.5) is 0 Å². The lowest BCUT2D eigenvalue weighted by molar-refractivity contribution is 0.388. The Morgan fingerprint density at radius 1 is 1.22 bits per heavy atom. The van der Waals surface area contributed by atoms with Crippen molar-refractivity contribution in [3.63, 3.8) is 0 Å². The molecule has 1 aromatic rings. The third-order valence-corrected chi connectivity index (χ3v) is 7.58. The van der Waals surface area contributed by atoms with E-state index >= 15 is 0 Å². The van der Waals surface area contributed by atoms with Crippen molar-refractivity contribution >= 4 is 21.6 Å². The Morgan fingerprint density at radius 3 is 2.39 bits per heavy atom. The van der Waals surface area contributed by atoms with Crippen molar-refractivity contribution in [3.05, 3.63) is 29.8 Å². The Balaban J connectivity index is 1.87. The van der Waals surface area contributed by atoms with Crippen LogP contribution in [0, 0.1) is 0 Å². The number of ether oxygens (including phenoxy) is 2. The number of epoxide rings is 1. The monoisotopic (exact) mass is 286 g/mol. The topological polar surface area (TPSA) is 55.9 Å². The number of hydrogen-bond donors (Lipinski definition) is 0. The van der Waals surface area contributed by atoms with Crippen LogP contribution in [0.3, 0.4) is 0 Å². The van der Waals surface area contributed by atoms with E-state index < -0.39 is 25.9 Å². The summed E-state index contributed by atoms with van der Waals surface area (Å²) in [5, 5.41) is 0. The molecule has 18 heavy (non-hydrogen) atoms. The average Bonchev–Trinajstić information content (AvgIpc) is 3.13. The van der Waals surface area contributed by atoms with Crippen molar-refractivity contribution in [2.45, 2.75) is 16.8 Å². The summed E-state index contributed by atoms with van der Waals surface area (Å²) in [6.45, 7) is 0. The van der Waals surface area contributed by atoms with E-state index in [1.54, 1.807) is 7.11 Å². The van der Waals surface area contributed by atoms with Gasteiger partial charge in [-0.3, -0.25) is 8.42 Å². The molecule has 0 aliphatic carbocycles. The molecule has 98 valence electrons. The summed E-state index contributed by atoms with van der Waals surface area (Å²) in [6.07, 6.45) is 0.449. The SMILES string of the molecule is COc1ccc([C@H]2OC23S(=O)CCCS3=O)cc1. The maximum absolute atomic E-state index is 12.1. The van der Waals surface area contributed by atoms with Gasteiger partial charge in [-0.2, -0.15) is 0 Å². The zero-order chi connectivity index (χ0) is 12.8. The second-order valence-corrected chi connectivity index (χ2v) is 8.00. The van der Waals surface area contributed by atoms with Gasteiger partial charge in [0, 0.05) is 11.5 Å². The van der Waals surface area contributed by atoms with E-state index in [4.69, 9.17) is 9.47 Å². The lowest BCUT2D eigenvalue weighted by Gasteiger charge is -2.17. The summed E-state index contributed by atoms with van der Waals surface area (Å²) in [5.41, 5.74) is 0.916. The predicted molar refractivity (Wildman–Crippen MR) is 70.2 cm³/mol. The molecule has 0 N–H and O–H groups in total. The minimum atomic E-state index is -1.16. The molecule has 2 saturated heterocycles. The first-order chi connectivity index (χ1) is 8.68. The zero-order valence-corrected chi connectivity index (χ0v) is 11.6. The van der Waals surface area contributed by atoms with Crippen molar-refractivity contribution in [1.29, 1.82) is 0 Å². The van der Waals surface area contributed by atoms with Gasteiger partial charge in [-0.15, -0.1) is 0 Å². The Morgan fingerprint density at radius 2 is 1.83 bits per heavy atom. The van der Waals surface area contributed by atoms with E-state index in [0.29, 0.717) is 11.5 Å². The number of hydrogen-bond acceptors (Lipinski definition) is 4. The minimum Gasteiger partial charge on any atom is -0.497 e. The largest absolute Gasteiger partial charge is 0.497 e. The summed E-state index contributed by atoms with van der Waals surface area (Å²) < 4.78 is 33.9. The van der Waals surface area contributed by atoms with Crippen LogP contribution in [0.25, 0.3) is 0 Å². The van der Waals surface area contributed by atoms with Crippen molar-refractivity contribution < 1.29 is 17.9 Å². The number of benzene rings is 1. The summed E-state index contributed by atoms with van der Waals surface area (Å²) in [5.74, 6) is 1.93. The minimum absolute atomic E-state index is 0.301. The fourth-order valence-electron chi connectivity index (χ4n) is 2.24. The van der Waals surface area contributed by atoms with Crippen LogP contribution in [-0.4, -0.2) is 31.3 Å². The maximum atomic E-state index is 12.1. The highest BCUT2D eigenvalue weighted by molar-refractivity contribution is 8.05. The Kier molecular flexibility index (Phi) is 3.03. The second kappa shape index (κ2) is 4.43. The molecule has 2 aliphatic rings. The van der Waals surface area contributed by atoms with Crippen LogP contribution >= 0.6 is 0 Å². The molecule has 1 spiro atoms. The first-order valence-corrected chi connectivity index (χ1v) is 8.41. The molecule has 4 nitrogen and oxygen atoms in total. The molecule has 1 aromatic carbocycles. The fraction of sp³-hybridized carbons (Fsp3) is 0.500. The van der Waals surface area contributed by atoms with E-state index in [2.05, 4.69) is 0 Å². The maximum Gasteiger partial charge on any atom is 0.249 e. The van der Waals surface area contributed by atoms with Gasteiger partial charge < -0.3 is 9.47 Å². The van der Waals surface area contributed by atoms with Crippen LogP contribution in [0.1, 0.15) is 18.1 Å². The highest BCUT2D eigenvalue weighted by Crippen LogP contribution is 2.56. The van der Waals surface area contributed by atoms with E-state index in [0.717, 1.165) is 17.7 Å². The highest BCUT2D eigenvalue weighted by atomic mass is 32.2. The van der Waals surface area contributed by atoms with Gasteiger partial charge in [-0.25, -0.2) is 0 Å². The molecule has 0 bridgehead atoms. The summed E-state index contributed by atoms with van der Waals surface area (Å²) in [6, 6.07) is 7.42.